The first-order chi connectivity index (χ1) is 13.0. The van der Waals surface area contributed by atoms with Gasteiger partial charge in [0.2, 0.25) is 0 Å². The molecular weight excluding hydrogens is 362 g/mol. The summed E-state index contributed by atoms with van der Waals surface area (Å²) in [7, 11) is 2.15. The summed E-state index contributed by atoms with van der Waals surface area (Å²) in [6.07, 6.45) is 0. The van der Waals surface area contributed by atoms with E-state index in [1.54, 1.807) is 24.3 Å². The average Bonchev–Trinajstić information content (AvgIpc) is 3.07. The molecule has 0 atom stereocenters. The molecule has 0 unspecified atom stereocenters. The highest BCUT2D eigenvalue weighted by Gasteiger charge is 2.17. The van der Waals surface area contributed by atoms with Crippen molar-refractivity contribution < 1.29 is 9.21 Å². The molecule has 4 rings (SSSR count). The second-order valence-corrected chi connectivity index (χ2v) is 7.47. The number of carbonyl (C=O) groups excluding carboxylic acids is 1. The summed E-state index contributed by atoms with van der Waals surface area (Å²) in [5.41, 5.74) is 3.65. The monoisotopic (exact) mass is 383 g/mol. The van der Waals surface area contributed by atoms with Gasteiger partial charge in [0, 0.05) is 48.0 Å². The van der Waals surface area contributed by atoms with Crippen molar-refractivity contribution in [2.24, 2.45) is 0 Å². The number of likely N-dealkylation sites (N-methyl/N-ethyl adjacent to an activating group) is 1. The third kappa shape index (κ3) is 3.80. The van der Waals surface area contributed by atoms with E-state index in [-0.39, 0.29) is 11.7 Å². The molecule has 2 aromatic carbocycles. The smallest absolute Gasteiger partial charge is 0.291 e. The van der Waals surface area contributed by atoms with Crippen molar-refractivity contribution in [1.82, 2.24) is 4.90 Å². The number of amides is 1. The largest absolute Gasteiger partial charge is 0.451 e. The van der Waals surface area contributed by atoms with Gasteiger partial charge in [-0.2, -0.15) is 0 Å². The number of nitrogens with one attached hydrogen (secondary N) is 1. The number of furan rings is 1. The quantitative estimate of drug-likeness (QED) is 0.728. The Kier molecular flexibility index (Phi) is 4.81. The van der Waals surface area contributed by atoms with Crippen LogP contribution in [0.25, 0.3) is 11.0 Å². The Morgan fingerprint density at radius 3 is 2.59 bits per heavy atom. The molecule has 1 saturated heterocycles. The van der Waals surface area contributed by atoms with E-state index < -0.39 is 0 Å². The zero-order valence-electron chi connectivity index (χ0n) is 15.5. The van der Waals surface area contributed by atoms with Gasteiger partial charge in [0.05, 0.1) is 0 Å². The highest BCUT2D eigenvalue weighted by Crippen LogP contribution is 2.26. The molecule has 0 saturated carbocycles. The summed E-state index contributed by atoms with van der Waals surface area (Å²) in [4.78, 5) is 17.3. The molecule has 0 aliphatic carbocycles. The molecule has 0 radical (unpaired) electrons. The van der Waals surface area contributed by atoms with E-state index in [1.807, 2.05) is 13.0 Å². The van der Waals surface area contributed by atoms with Crippen LogP contribution in [0, 0.1) is 6.92 Å². The van der Waals surface area contributed by atoms with Gasteiger partial charge < -0.3 is 19.5 Å². The molecular formula is C21H22ClN3O2. The van der Waals surface area contributed by atoms with Crippen LogP contribution in [-0.4, -0.2) is 44.0 Å². The molecule has 1 aromatic heterocycles. The zero-order chi connectivity index (χ0) is 19.0. The van der Waals surface area contributed by atoms with E-state index in [2.05, 4.69) is 34.3 Å². The Labute approximate surface area is 163 Å². The summed E-state index contributed by atoms with van der Waals surface area (Å²) in [5.74, 6) is 0.00702. The molecule has 27 heavy (non-hydrogen) atoms. The lowest BCUT2D eigenvalue weighted by molar-refractivity contribution is 0.0998. The molecule has 2 heterocycles. The van der Waals surface area contributed by atoms with Crippen molar-refractivity contribution in [3.8, 4) is 0 Å². The second kappa shape index (κ2) is 7.25. The van der Waals surface area contributed by atoms with Crippen molar-refractivity contribution in [1.29, 1.82) is 0 Å². The number of benzene rings is 2. The molecule has 0 spiro atoms. The van der Waals surface area contributed by atoms with Crippen molar-refractivity contribution in [3.05, 3.63) is 58.8 Å². The van der Waals surface area contributed by atoms with Gasteiger partial charge in [-0.05, 0) is 62.0 Å². The van der Waals surface area contributed by atoms with Crippen LogP contribution in [0.5, 0.6) is 0 Å². The topological polar surface area (TPSA) is 48.7 Å². The van der Waals surface area contributed by atoms with Crippen molar-refractivity contribution in [2.45, 2.75) is 6.92 Å². The number of piperazine rings is 1. The molecule has 140 valence electrons. The van der Waals surface area contributed by atoms with Crippen LogP contribution in [0.3, 0.4) is 0 Å². The van der Waals surface area contributed by atoms with E-state index >= 15 is 0 Å². The minimum absolute atomic E-state index is 0.266. The number of hydrogen-bond donors (Lipinski definition) is 1. The van der Waals surface area contributed by atoms with E-state index in [1.165, 1.54) is 5.69 Å². The lowest BCUT2D eigenvalue weighted by Crippen LogP contribution is -2.44. The van der Waals surface area contributed by atoms with Gasteiger partial charge in [0.25, 0.3) is 5.91 Å². The number of halogens is 1. The molecule has 1 fully saturated rings. The van der Waals surface area contributed by atoms with Crippen molar-refractivity contribution >= 4 is 39.9 Å². The highest BCUT2D eigenvalue weighted by molar-refractivity contribution is 6.31. The maximum atomic E-state index is 12.6. The first-order valence-corrected chi connectivity index (χ1v) is 9.42. The van der Waals surface area contributed by atoms with Crippen molar-refractivity contribution in [3.63, 3.8) is 0 Å². The van der Waals surface area contributed by atoms with Gasteiger partial charge in [-0.3, -0.25) is 4.79 Å². The summed E-state index contributed by atoms with van der Waals surface area (Å²) < 4.78 is 5.64. The molecule has 1 aliphatic heterocycles. The molecule has 3 aromatic rings. The Bertz CT molecular complexity index is 990. The van der Waals surface area contributed by atoms with E-state index in [9.17, 15) is 4.79 Å². The van der Waals surface area contributed by atoms with E-state index in [0.717, 1.165) is 42.8 Å². The van der Waals surface area contributed by atoms with Crippen LogP contribution >= 0.6 is 11.6 Å². The highest BCUT2D eigenvalue weighted by atomic mass is 35.5. The van der Waals surface area contributed by atoms with E-state index in [4.69, 9.17) is 16.0 Å². The second-order valence-electron chi connectivity index (χ2n) is 7.04. The van der Waals surface area contributed by atoms with E-state index in [0.29, 0.717) is 10.6 Å². The van der Waals surface area contributed by atoms with Gasteiger partial charge in [-0.1, -0.05) is 11.6 Å². The maximum absolute atomic E-state index is 12.6. The summed E-state index contributed by atoms with van der Waals surface area (Å²) in [5, 5.41) is 4.38. The fourth-order valence-electron chi connectivity index (χ4n) is 3.36. The molecule has 1 aliphatic rings. The van der Waals surface area contributed by atoms with Crippen LogP contribution in [0.2, 0.25) is 5.02 Å². The lowest BCUT2D eigenvalue weighted by atomic mass is 10.1. The molecule has 5 nitrogen and oxygen atoms in total. The Morgan fingerprint density at radius 1 is 1.07 bits per heavy atom. The first-order valence-electron chi connectivity index (χ1n) is 9.04. The summed E-state index contributed by atoms with van der Waals surface area (Å²) in [6.45, 7) is 6.17. The minimum Gasteiger partial charge on any atom is -0.451 e. The van der Waals surface area contributed by atoms with Crippen LogP contribution in [0.4, 0.5) is 11.4 Å². The summed E-state index contributed by atoms with van der Waals surface area (Å²) >= 11 is 6.00. The van der Waals surface area contributed by atoms with Gasteiger partial charge in [0.1, 0.15) is 5.58 Å². The standard InChI is InChI=1S/C21H22ClN3O2/c1-14-11-17(25-9-7-24(2)8-10-25)4-5-18(14)23-21(26)20-13-15-12-16(22)3-6-19(15)27-20/h3-6,11-13H,7-10H2,1-2H3,(H,23,26). The Balaban J connectivity index is 1.50. The number of carbonyl (C=O) groups is 1. The predicted molar refractivity (Wildman–Crippen MR) is 110 cm³/mol. The number of nitrogens with zero attached hydrogens (tertiary/aromatic N) is 2. The number of anilines is 2. The van der Waals surface area contributed by atoms with Crippen molar-refractivity contribution in [2.75, 3.05) is 43.4 Å². The van der Waals surface area contributed by atoms with Gasteiger partial charge in [0.15, 0.2) is 5.76 Å². The number of rotatable bonds is 3. The SMILES string of the molecule is Cc1cc(N2CCN(C)CC2)ccc1NC(=O)c1cc2cc(Cl)ccc2o1. The number of hydrogen-bond acceptors (Lipinski definition) is 4. The van der Waals surface area contributed by atoms with Crippen LogP contribution < -0.4 is 10.2 Å². The molecule has 6 heteroatoms. The van der Waals surface area contributed by atoms with Crippen LogP contribution in [0.15, 0.2) is 46.9 Å². The fraction of sp³-hybridized carbons (Fsp3) is 0.286. The first kappa shape index (κ1) is 17.9. The lowest BCUT2D eigenvalue weighted by Gasteiger charge is -2.34. The van der Waals surface area contributed by atoms with Crippen LogP contribution in [0.1, 0.15) is 16.1 Å². The minimum atomic E-state index is -0.266. The normalized spacial score (nSPS) is 15.3. The predicted octanol–water partition coefficient (Wildman–Crippen LogP) is 4.40. The molecule has 1 amide bonds. The zero-order valence-corrected chi connectivity index (χ0v) is 16.2. The Hall–Kier alpha value is -2.50. The summed E-state index contributed by atoms with van der Waals surface area (Å²) in [6, 6.07) is 13.2. The van der Waals surface area contributed by atoms with Gasteiger partial charge in [-0.15, -0.1) is 0 Å². The third-order valence-corrected chi connectivity index (χ3v) is 5.26. The number of fused-ring (bicyclic) bond motifs is 1. The third-order valence-electron chi connectivity index (χ3n) is 5.03. The fourth-order valence-corrected chi connectivity index (χ4v) is 3.54. The van der Waals surface area contributed by atoms with Crippen LogP contribution in [-0.2, 0) is 0 Å². The average molecular weight is 384 g/mol. The number of aryl methyl sites for hydroxylation is 1. The van der Waals surface area contributed by atoms with Gasteiger partial charge in [-0.25, -0.2) is 0 Å². The van der Waals surface area contributed by atoms with Gasteiger partial charge >= 0.3 is 0 Å². The molecule has 1 N–H and O–H groups in total. The Morgan fingerprint density at radius 2 is 1.85 bits per heavy atom. The molecule has 0 bridgehead atoms. The maximum Gasteiger partial charge on any atom is 0.291 e.